The number of aryl methyl sites for hydroxylation is 1. The number of rotatable bonds is 3. The van der Waals surface area contributed by atoms with Crippen molar-refractivity contribution < 1.29 is 4.79 Å². The molecular formula is C18H22N2O2. The summed E-state index contributed by atoms with van der Waals surface area (Å²) in [5, 5.41) is 1.55. The second kappa shape index (κ2) is 5.95. The Morgan fingerprint density at radius 3 is 2.59 bits per heavy atom. The Morgan fingerprint density at radius 1 is 1.18 bits per heavy atom. The second-order valence-electron chi connectivity index (χ2n) is 6.08. The quantitative estimate of drug-likeness (QED) is 0.874. The minimum Gasteiger partial charge on any atom is -0.337 e. The predicted octanol–water partition coefficient (Wildman–Crippen LogP) is 2.96. The van der Waals surface area contributed by atoms with Crippen LogP contribution in [-0.4, -0.2) is 28.5 Å². The SMILES string of the molecule is CCCn1c(C(=O)N2CCCC2)cc2ccc(C)cc2c1=O. The lowest BCUT2D eigenvalue weighted by Gasteiger charge is -2.19. The van der Waals surface area contributed by atoms with E-state index in [1.807, 2.05) is 43.0 Å². The first-order chi connectivity index (χ1) is 10.6. The van der Waals surface area contributed by atoms with Gasteiger partial charge in [0.15, 0.2) is 0 Å². The summed E-state index contributed by atoms with van der Waals surface area (Å²) in [7, 11) is 0. The van der Waals surface area contributed by atoms with Crippen LogP contribution >= 0.6 is 0 Å². The van der Waals surface area contributed by atoms with Crippen LogP contribution in [0.4, 0.5) is 0 Å². The molecule has 116 valence electrons. The molecule has 1 aliphatic rings. The van der Waals surface area contributed by atoms with E-state index in [1.54, 1.807) is 4.57 Å². The van der Waals surface area contributed by atoms with Crippen molar-refractivity contribution in [1.29, 1.82) is 0 Å². The van der Waals surface area contributed by atoms with E-state index < -0.39 is 0 Å². The number of likely N-dealkylation sites (tertiary alicyclic amines) is 1. The first kappa shape index (κ1) is 14.8. The lowest BCUT2D eigenvalue weighted by Crippen LogP contribution is -2.34. The zero-order valence-electron chi connectivity index (χ0n) is 13.3. The van der Waals surface area contributed by atoms with Crippen molar-refractivity contribution in [2.75, 3.05) is 13.1 Å². The maximum atomic E-state index is 12.8. The van der Waals surface area contributed by atoms with E-state index in [9.17, 15) is 9.59 Å². The van der Waals surface area contributed by atoms with Gasteiger partial charge in [-0.1, -0.05) is 24.6 Å². The Hall–Kier alpha value is -2.10. The van der Waals surface area contributed by atoms with Gasteiger partial charge in [0.2, 0.25) is 0 Å². The number of pyridine rings is 1. The molecule has 0 atom stereocenters. The Morgan fingerprint density at radius 2 is 1.91 bits per heavy atom. The van der Waals surface area contributed by atoms with E-state index >= 15 is 0 Å². The normalized spacial score (nSPS) is 14.7. The summed E-state index contributed by atoms with van der Waals surface area (Å²) in [6, 6.07) is 7.71. The molecule has 4 nitrogen and oxygen atoms in total. The van der Waals surface area contributed by atoms with Gasteiger partial charge >= 0.3 is 0 Å². The number of nitrogens with zero attached hydrogens (tertiary/aromatic N) is 2. The van der Waals surface area contributed by atoms with Crippen molar-refractivity contribution in [3.8, 4) is 0 Å². The summed E-state index contributed by atoms with van der Waals surface area (Å²) < 4.78 is 1.66. The highest BCUT2D eigenvalue weighted by Crippen LogP contribution is 2.18. The number of benzene rings is 1. The molecule has 1 aromatic carbocycles. The van der Waals surface area contributed by atoms with Gasteiger partial charge in [-0.2, -0.15) is 0 Å². The Labute approximate surface area is 130 Å². The molecule has 2 aromatic rings. The number of carbonyl (C=O) groups is 1. The Bertz CT molecular complexity index is 770. The summed E-state index contributed by atoms with van der Waals surface area (Å²) in [6.07, 6.45) is 2.94. The number of carbonyl (C=O) groups excluding carboxylic acids is 1. The van der Waals surface area contributed by atoms with Gasteiger partial charge < -0.3 is 9.47 Å². The van der Waals surface area contributed by atoms with Gasteiger partial charge in [-0.3, -0.25) is 9.59 Å². The smallest absolute Gasteiger partial charge is 0.270 e. The van der Waals surface area contributed by atoms with Gasteiger partial charge in [-0.05, 0) is 43.7 Å². The highest BCUT2D eigenvalue weighted by Gasteiger charge is 2.23. The third kappa shape index (κ3) is 2.54. The molecule has 3 rings (SSSR count). The maximum Gasteiger partial charge on any atom is 0.270 e. The summed E-state index contributed by atoms with van der Waals surface area (Å²) in [6.45, 7) is 6.18. The molecule has 1 saturated heterocycles. The van der Waals surface area contributed by atoms with Crippen molar-refractivity contribution in [2.45, 2.75) is 39.7 Å². The van der Waals surface area contributed by atoms with Crippen LogP contribution in [-0.2, 0) is 6.54 Å². The summed E-state index contributed by atoms with van der Waals surface area (Å²) in [5.74, 6) is -0.00877. The standard InChI is InChI=1S/C18H22N2O2/c1-3-8-20-16(18(22)19-9-4-5-10-19)12-14-7-6-13(2)11-15(14)17(20)21/h6-7,11-12H,3-5,8-10H2,1-2H3. The third-order valence-electron chi connectivity index (χ3n) is 4.33. The van der Waals surface area contributed by atoms with E-state index in [4.69, 9.17) is 0 Å². The van der Waals surface area contributed by atoms with Crippen molar-refractivity contribution >= 4 is 16.7 Å². The lowest BCUT2D eigenvalue weighted by atomic mass is 10.1. The zero-order chi connectivity index (χ0) is 15.7. The highest BCUT2D eigenvalue weighted by atomic mass is 16.2. The molecule has 0 aliphatic carbocycles. The minimum atomic E-state index is -0.0504. The molecule has 2 heterocycles. The zero-order valence-corrected chi connectivity index (χ0v) is 13.3. The molecule has 4 heteroatoms. The molecule has 1 fully saturated rings. The monoisotopic (exact) mass is 298 g/mol. The van der Waals surface area contributed by atoms with Gasteiger partial charge in [0.05, 0.1) is 0 Å². The maximum absolute atomic E-state index is 12.8. The number of hydrogen-bond acceptors (Lipinski definition) is 2. The van der Waals surface area contributed by atoms with Crippen LogP contribution in [0.2, 0.25) is 0 Å². The second-order valence-corrected chi connectivity index (χ2v) is 6.08. The van der Waals surface area contributed by atoms with Crippen molar-refractivity contribution in [1.82, 2.24) is 9.47 Å². The largest absolute Gasteiger partial charge is 0.337 e. The molecule has 0 radical (unpaired) electrons. The molecule has 0 saturated carbocycles. The van der Waals surface area contributed by atoms with E-state index in [1.165, 1.54) is 0 Å². The number of fused-ring (bicyclic) bond motifs is 1. The van der Waals surface area contributed by atoms with E-state index in [0.29, 0.717) is 17.6 Å². The molecule has 0 spiro atoms. The fraction of sp³-hybridized carbons (Fsp3) is 0.444. The number of amides is 1. The van der Waals surface area contributed by atoms with Gasteiger partial charge in [0, 0.05) is 25.0 Å². The lowest BCUT2D eigenvalue weighted by molar-refractivity contribution is 0.0780. The van der Waals surface area contributed by atoms with Gasteiger partial charge in [0.1, 0.15) is 5.69 Å². The number of aromatic nitrogens is 1. The topological polar surface area (TPSA) is 42.3 Å². The molecule has 22 heavy (non-hydrogen) atoms. The molecule has 0 bridgehead atoms. The third-order valence-corrected chi connectivity index (χ3v) is 4.33. The summed E-state index contributed by atoms with van der Waals surface area (Å²) in [5.41, 5.74) is 1.54. The van der Waals surface area contributed by atoms with Crippen LogP contribution in [0.15, 0.2) is 29.1 Å². The molecule has 0 unspecified atom stereocenters. The van der Waals surface area contributed by atoms with Crippen molar-refractivity contribution in [3.05, 3.63) is 45.9 Å². The average molecular weight is 298 g/mol. The van der Waals surface area contributed by atoms with Crippen LogP contribution in [0.5, 0.6) is 0 Å². The van der Waals surface area contributed by atoms with E-state index in [-0.39, 0.29) is 11.5 Å². The minimum absolute atomic E-state index is 0.00877. The van der Waals surface area contributed by atoms with Crippen LogP contribution in [0.3, 0.4) is 0 Å². The van der Waals surface area contributed by atoms with Crippen LogP contribution in [0.25, 0.3) is 10.8 Å². The van der Waals surface area contributed by atoms with Crippen LogP contribution in [0.1, 0.15) is 42.2 Å². The summed E-state index contributed by atoms with van der Waals surface area (Å²) >= 11 is 0. The first-order valence-corrected chi connectivity index (χ1v) is 8.05. The Balaban J connectivity index is 2.19. The highest BCUT2D eigenvalue weighted by molar-refractivity contribution is 5.97. The molecule has 1 aliphatic heterocycles. The fourth-order valence-corrected chi connectivity index (χ4v) is 3.17. The van der Waals surface area contributed by atoms with Crippen LogP contribution < -0.4 is 5.56 Å². The van der Waals surface area contributed by atoms with Gasteiger partial charge in [0.25, 0.3) is 11.5 Å². The number of hydrogen-bond donors (Lipinski definition) is 0. The van der Waals surface area contributed by atoms with E-state index in [0.717, 1.165) is 43.3 Å². The predicted molar refractivity (Wildman–Crippen MR) is 88.4 cm³/mol. The fourth-order valence-electron chi connectivity index (χ4n) is 3.17. The van der Waals surface area contributed by atoms with Crippen LogP contribution in [0, 0.1) is 6.92 Å². The van der Waals surface area contributed by atoms with Crippen molar-refractivity contribution in [3.63, 3.8) is 0 Å². The summed E-state index contributed by atoms with van der Waals surface area (Å²) in [4.78, 5) is 27.4. The Kier molecular flexibility index (Phi) is 4.01. The molecule has 1 aromatic heterocycles. The molecule has 1 amide bonds. The van der Waals surface area contributed by atoms with E-state index in [2.05, 4.69) is 0 Å². The average Bonchev–Trinajstić information content (AvgIpc) is 3.04. The first-order valence-electron chi connectivity index (χ1n) is 8.05. The van der Waals surface area contributed by atoms with Gasteiger partial charge in [-0.15, -0.1) is 0 Å². The van der Waals surface area contributed by atoms with Gasteiger partial charge in [-0.25, -0.2) is 0 Å². The molecular weight excluding hydrogens is 276 g/mol. The molecule has 0 N–H and O–H groups in total. The van der Waals surface area contributed by atoms with Crippen molar-refractivity contribution in [2.24, 2.45) is 0 Å².